The highest BCUT2D eigenvalue weighted by Gasteiger charge is 2.61. The molecule has 0 bridgehead atoms. The fourth-order valence-electron chi connectivity index (χ4n) is 4.28. The molecule has 0 aromatic heterocycles. The Morgan fingerprint density at radius 1 is 1.03 bits per heavy atom. The molecule has 6 nitrogen and oxygen atoms in total. The van der Waals surface area contributed by atoms with Crippen molar-refractivity contribution < 1.29 is 18.8 Å². The maximum absolute atomic E-state index is 13.9. The quantitative estimate of drug-likeness (QED) is 0.637. The van der Waals surface area contributed by atoms with E-state index in [9.17, 15) is 18.8 Å². The fourth-order valence-corrected chi connectivity index (χ4v) is 5.64. The van der Waals surface area contributed by atoms with Crippen molar-refractivity contribution in [2.45, 2.75) is 11.8 Å². The maximum atomic E-state index is 13.9. The summed E-state index contributed by atoms with van der Waals surface area (Å²) in [7, 11) is 0. The van der Waals surface area contributed by atoms with E-state index in [4.69, 9.17) is 0 Å². The number of amides is 3. The van der Waals surface area contributed by atoms with Crippen molar-refractivity contribution in [2.75, 3.05) is 27.4 Å². The van der Waals surface area contributed by atoms with Crippen LogP contribution >= 0.6 is 11.8 Å². The Kier molecular flexibility index (Phi) is 5.17. The molecule has 0 unspecified atom stereocenters. The second-order valence-corrected chi connectivity index (χ2v) is 9.13. The van der Waals surface area contributed by atoms with Gasteiger partial charge in [0.25, 0.3) is 5.91 Å². The van der Waals surface area contributed by atoms with Crippen molar-refractivity contribution in [1.29, 1.82) is 0 Å². The van der Waals surface area contributed by atoms with Crippen molar-refractivity contribution in [2.24, 2.45) is 0 Å². The molecule has 3 amide bonds. The Morgan fingerprint density at radius 2 is 1.73 bits per heavy atom. The van der Waals surface area contributed by atoms with Crippen molar-refractivity contribution in [1.82, 2.24) is 0 Å². The molecule has 1 N–H and O–H groups in total. The number of aryl methyl sites for hydroxylation is 1. The number of nitrogens with zero attached hydrogens (tertiary/aromatic N) is 2. The highest BCUT2D eigenvalue weighted by Crippen LogP contribution is 2.55. The minimum Gasteiger partial charge on any atom is -0.325 e. The Hall–Kier alpha value is -3.65. The number of thioether (sulfide) groups is 1. The normalized spacial score (nSPS) is 19.3. The van der Waals surface area contributed by atoms with Gasteiger partial charge < -0.3 is 5.32 Å². The van der Waals surface area contributed by atoms with Crippen LogP contribution in [0.1, 0.15) is 11.1 Å². The molecule has 1 atom stereocenters. The van der Waals surface area contributed by atoms with Gasteiger partial charge in [-0.15, -0.1) is 11.8 Å². The van der Waals surface area contributed by atoms with Gasteiger partial charge in [-0.05, 0) is 49.4 Å². The summed E-state index contributed by atoms with van der Waals surface area (Å²) in [6.45, 7) is 1.73. The van der Waals surface area contributed by atoms with Crippen LogP contribution in [0.15, 0.2) is 72.8 Å². The standard InChI is InChI=1S/C25H20FN3O3S/c1-16-6-12-19(13-7-16)29-23(31)15-33-25(29)20-4-2-3-5-21(20)28(24(25)32)14-22(30)27-18-10-8-17(26)9-11-18/h2-13H,14-15H2,1H3,(H,27,30)/t25-/m1/s1. The van der Waals surface area contributed by atoms with Gasteiger partial charge in [0.2, 0.25) is 16.7 Å². The molecule has 2 heterocycles. The molecule has 0 radical (unpaired) electrons. The van der Waals surface area contributed by atoms with Gasteiger partial charge in [-0.3, -0.25) is 24.2 Å². The number of carbonyl (C=O) groups is 3. The number of anilines is 3. The SMILES string of the molecule is Cc1ccc(N2C(=O)CS[C@]23C(=O)N(CC(=O)Nc2ccc(F)cc2)c2ccccc23)cc1. The third kappa shape index (κ3) is 3.47. The Labute approximate surface area is 194 Å². The third-order valence-electron chi connectivity index (χ3n) is 5.79. The average Bonchev–Trinajstić information content (AvgIpc) is 3.27. The van der Waals surface area contributed by atoms with E-state index in [-0.39, 0.29) is 24.1 Å². The molecule has 33 heavy (non-hydrogen) atoms. The number of halogens is 1. The Morgan fingerprint density at radius 3 is 2.45 bits per heavy atom. The van der Waals surface area contributed by atoms with E-state index < -0.39 is 16.6 Å². The first-order chi connectivity index (χ1) is 15.9. The molecule has 1 saturated heterocycles. The van der Waals surface area contributed by atoms with Crippen molar-refractivity contribution in [3.05, 3.63) is 89.7 Å². The van der Waals surface area contributed by atoms with Gasteiger partial charge in [0.1, 0.15) is 12.4 Å². The van der Waals surface area contributed by atoms with Crippen LogP contribution in [0, 0.1) is 12.7 Å². The lowest BCUT2D eigenvalue weighted by Crippen LogP contribution is -2.50. The third-order valence-corrected chi connectivity index (χ3v) is 7.17. The van der Waals surface area contributed by atoms with Crippen molar-refractivity contribution in [3.63, 3.8) is 0 Å². The number of hydrogen-bond donors (Lipinski definition) is 1. The fraction of sp³-hybridized carbons (Fsp3) is 0.160. The summed E-state index contributed by atoms with van der Waals surface area (Å²) in [5.41, 5.74) is 3.39. The molecular weight excluding hydrogens is 441 g/mol. The zero-order valence-corrected chi connectivity index (χ0v) is 18.6. The number of carbonyl (C=O) groups excluding carboxylic acids is 3. The minimum absolute atomic E-state index is 0.156. The van der Waals surface area contributed by atoms with Crippen LogP contribution in [0.2, 0.25) is 0 Å². The van der Waals surface area contributed by atoms with Crippen LogP contribution in [0.3, 0.4) is 0 Å². The van der Waals surface area contributed by atoms with Gasteiger partial charge in [-0.25, -0.2) is 4.39 Å². The van der Waals surface area contributed by atoms with Gasteiger partial charge in [-0.2, -0.15) is 0 Å². The van der Waals surface area contributed by atoms with Gasteiger partial charge in [0.05, 0.1) is 11.4 Å². The molecule has 1 spiro atoms. The molecule has 2 aliphatic heterocycles. The average molecular weight is 462 g/mol. The minimum atomic E-state index is -1.26. The molecule has 0 saturated carbocycles. The molecule has 5 rings (SSSR count). The van der Waals surface area contributed by atoms with Crippen LogP contribution in [0.4, 0.5) is 21.5 Å². The number of nitrogens with one attached hydrogen (secondary N) is 1. The van der Waals surface area contributed by atoms with E-state index in [1.54, 1.807) is 17.0 Å². The van der Waals surface area contributed by atoms with Crippen molar-refractivity contribution in [3.8, 4) is 0 Å². The Balaban J connectivity index is 1.50. The number of benzene rings is 3. The summed E-state index contributed by atoms with van der Waals surface area (Å²) < 4.78 is 13.2. The molecule has 2 aliphatic rings. The number of fused-ring (bicyclic) bond motifs is 2. The summed E-state index contributed by atoms with van der Waals surface area (Å²) >= 11 is 1.27. The maximum Gasteiger partial charge on any atom is 0.269 e. The summed E-state index contributed by atoms with van der Waals surface area (Å²) in [5, 5.41) is 2.70. The van der Waals surface area contributed by atoms with Crippen LogP contribution in [0.5, 0.6) is 0 Å². The van der Waals surface area contributed by atoms with E-state index >= 15 is 0 Å². The van der Waals surface area contributed by atoms with Gasteiger partial charge in [0, 0.05) is 16.9 Å². The van der Waals surface area contributed by atoms with Crippen LogP contribution in [0.25, 0.3) is 0 Å². The van der Waals surface area contributed by atoms with Gasteiger partial charge in [0.15, 0.2) is 0 Å². The lowest BCUT2D eigenvalue weighted by Gasteiger charge is -2.33. The zero-order valence-electron chi connectivity index (χ0n) is 17.7. The Bertz CT molecular complexity index is 1260. The van der Waals surface area contributed by atoms with E-state index in [2.05, 4.69) is 5.32 Å². The highest BCUT2D eigenvalue weighted by atomic mass is 32.2. The second-order valence-electron chi connectivity index (χ2n) is 7.96. The predicted molar refractivity (Wildman–Crippen MR) is 127 cm³/mol. The van der Waals surface area contributed by atoms with Crippen LogP contribution in [-0.4, -0.2) is 30.0 Å². The van der Waals surface area contributed by atoms with E-state index in [0.29, 0.717) is 22.6 Å². The summed E-state index contributed by atoms with van der Waals surface area (Å²) in [4.78, 5) is 41.4. The smallest absolute Gasteiger partial charge is 0.269 e. The van der Waals surface area contributed by atoms with Crippen LogP contribution in [-0.2, 0) is 19.3 Å². The first kappa shape index (κ1) is 21.2. The largest absolute Gasteiger partial charge is 0.325 e. The molecule has 3 aromatic rings. The van der Waals surface area contributed by atoms with Gasteiger partial charge in [-0.1, -0.05) is 35.9 Å². The molecule has 3 aromatic carbocycles. The first-order valence-electron chi connectivity index (χ1n) is 10.4. The van der Waals surface area contributed by atoms with E-state index in [1.165, 1.54) is 40.9 Å². The number of para-hydroxylation sites is 1. The summed E-state index contributed by atoms with van der Waals surface area (Å²) in [5.74, 6) is -1.17. The van der Waals surface area contributed by atoms with Gasteiger partial charge >= 0.3 is 0 Å². The molecule has 8 heteroatoms. The topological polar surface area (TPSA) is 69.7 Å². The van der Waals surface area contributed by atoms with E-state index in [0.717, 1.165) is 5.56 Å². The van der Waals surface area contributed by atoms with Crippen molar-refractivity contribution >= 4 is 46.5 Å². The number of rotatable bonds is 4. The number of hydrogen-bond acceptors (Lipinski definition) is 4. The summed E-state index contributed by atoms with van der Waals surface area (Å²) in [6, 6.07) is 20.1. The molecule has 1 fully saturated rings. The van der Waals surface area contributed by atoms with E-state index in [1.807, 2.05) is 43.3 Å². The second kappa shape index (κ2) is 8.04. The highest BCUT2D eigenvalue weighted by molar-refractivity contribution is 8.02. The molecular formula is C25H20FN3O3S. The molecule has 0 aliphatic carbocycles. The lowest BCUT2D eigenvalue weighted by molar-refractivity contribution is -0.124. The lowest BCUT2D eigenvalue weighted by atomic mass is 10.0. The predicted octanol–water partition coefficient (Wildman–Crippen LogP) is 4.05. The monoisotopic (exact) mass is 461 g/mol. The first-order valence-corrected chi connectivity index (χ1v) is 11.4. The summed E-state index contributed by atoms with van der Waals surface area (Å²) in [6.07, 6.45) is 0. The van der Waals surface area contributed by atoms with Crippen LogP contribution < -0.4 is 15.1 Å². The zero-order chi connectivity index (χ0) is 23.2. The molecule has 166 valence electrons.